The van der Waals surface area contributed by atoms with Gasteiger partial charge in [-0.3, -0.25) is 4.79 Å². The molecule has 0 radical (unpaired) electrons. The van der Waals surface area contributed by atoms with Gasteiger partial charge in [0.15, 0.2) is 0 Å². The standard InChI is InChI=1S/C15H18BrN3O/c1-10-4-5-13(12(16)8-10)19-9-11(2)18(3)15(20)14(19)6-7-17/h4-5,8,11,14H,6,9H2,1-3H3. The summed E-state index contributed by atoms with van der Waals surface area (Å²) in [5.74, 6) is 0.0118. The molecule has 1 heterocycles. The van der Waals surface area contributed by atoms with E-state index in [0.717, 1.165) is 22.3 Å². The van der Waals surface area contributed by atoms with E-state index in [4.69, 9.17) is 5.26 Å². The van der Waals surface area contributed by atoms with Gasteiger partial charge in [-0.1, -0.05) is 6.07 Å². The van der Waals surface area contributed by atoms with Crippen LogP contribution in [0.2, 0.25) is 0 Å². The van der Waals surface area contributed by atoms with E-state index in [0.29, 0.717) is 0 Å². The average Bonchev–Trinajstić information content (AvgIpc) is 2.40. The van der Waals surface area contributed by atoms with Crippen LogP contribution in [0.5, 0.6) is 0 Å². The van der Waals surface area contributed by atoms with Crippen molar-refractivity contribution in [1.29, 1.82) is 5.26 Å². The van der Waals surface area contributed by atoms with E-state index in [1.807, 2.05) is 36.9 Å². The van der Waals surface area contributed by atoms with Gasteiger partial charge < -0.3 is 9.80 Å². The van der Waals surface area contributed by atoms with Crippen molar-refractivity contribution in [2.45, 2.75) is 32.4 Å². The number of anilines is 1. The lowest BCUT2D eigenvalue weighted by molar-refractivity contribution is -0.134. The van der Waals surface area contributed by atoms with E-state index in [9.17, 15) is 4.79 Å². The number of piperazine rings is 1. The Bertz CT molecular complexity index is 567. The number of carbonyl (C=O) groups excluding carboxylic acids is 1. The number of carbonyl (C=O) groups is 1. The molecule has 0 spiro atoms. The SMILES string of the molecule is Cc1ccc(N2CC(C)N(C)C(=O)C2CC#N)c(Br)c1. The van der Waals surface area contributed by atoms with Gasteiger partial charge in [0.25, 0.3) is 0 Å². The van der Waals surface area contributed by atoms with Crippen molar-refractivity contribution in [3.8, 4) is 6.07 Å². The summed E-state index contributed by atoms with van der Waals surface area (Å²) >= 11 is 3.57. The molecular formula is C15H18BrN3O. The molecular weight excluding hydrogens is 318 g/mol. The van der Waals surface area contributed by atoms with Gasteiger partial charge in [0.05, 0.1) is 18.2 Å². The van der Waals surface area contributed by atoms with E-state index >= 15 is 0 Å². The van der Waals surface area contributed by atoms with Crippen molar-refractivity contribution in [3.63, 3.8) is 0 Å². The van der Waals surface area contributed by atoms with Crippen LogP contribution in [0.1, 0.15) is 18.9 Å². The summed E-state index contributed by atoms with van der Waals surface area (Å²) in [6.45, 7) is 4.78. The van der Waals surface area contributed by atoms with E-state index in [1.54, 1.807) is 11.9 Å². The first-order valence-corrected chi connectivity index (χ1v) is 7.41. The Morgan fingerprint density at radius 3 is 2.80 bits per heavy atom. The van der Waals surface area contributed by atoms with Crippen LogP contribution in [0.25, 0.3) is 0 Å². The predicted octanol–water partition coefficient (Wildman–Crippen LogP) is 2.71. The summed E-state index contributed by atoms with van der Waals surface area (Å²) in [4.78, 5) is 16.2. The number of hydrogen-bond donors (Lipinski definition) is 0. The fourth-order valence-corrected chi connectivity index (χ4v) is 3.24. The second-order valence-electron chi connectivity index (χ2n) is 5.28. The Balaban J connectivity index is 2.41. The number of aryl methyl sites for hydroxylation is 1. The molecule has 1 aromatic rings. The summed E-state index contributed by atoms with van der Waals surface area (Å²) in [7, 11) is 1.80. The summed E-state index contributed by atoms with van der Waals surface area (Å²) in [6, 6.07) is 7.92. The highest BCUT2D eigenvalue weighted by Gasteiger charge is 2.37. The zero-order chi connectivity index (χ0) is 14.9. The maximum atomic E-state index is 12.4. The largest absolute Gasteiger partial charge is 0.356 e. The molecule has 5 heteroatoms. The molecule has 1 saturated heterocycles. The molecule has 4 nitrogen and oxygen atoms in total. The highest BCUT2D eigenvalue weighted by atomic mass is 79.9. The average molecular weight is 336 g/mol. The molecule has 0 N–H and O–H groups in total. The zero-order valence-electron chi connectivity index (χ0n) is 11.9. The number of nitriles is 1. The molecule has 0 bridgehead atoms. The summed E-state index contributed by atoms with van der Waals surface area (Å²) in [6.07, 6.45) is 0.205. The lowest BCUT2D eigenvalue weighted by Gasteiger charge is -2.44. The predicted molar refractivity (Wildman–Crippen MR) is 82.5 cm³/mol. The molecule has 2 unspecified atom stereocenters. The van der Waals surface area contributed by atoms with E-state index in [2.05, 4.69) is 22.0 Å². The van der Waals surface area contributed by atoms with Crippen LogP contribution in [-0.2, 0) is 4.79 Å². The van der Waals surface area contributed by atoms with Crippen molar-refractivity contribution in [1.82, 2.24) is 4.90 Å². The normalized spacial score (nSPS) is 22.9. The third-order valence-corrected chi connectivity index (χ3v) is 4.46. The van der Waals surface area contributed by atoms with Crippen LogP contribution in [0.4, 0.5) is 5.69 Å². The Kier molecular flexibility index (Phi) is 4.34. The molecule has 1 aliphatic heterocycles. The fraction of sp³-hybridized carbons (Fsp3) is 0.467. The first-order valence-electron chi connectivity index (χ1n) is 6.62. The Hall–Kier alpha value is -1.54. The van der Waals surface area contributed by atoms with Crippen LogP contribution in [0.15, 0.2) is 22.7 Å². The van der Waals surface area contributed by atoms with Crippen molar-refractivity contribution in [3.05, 3.63) is 28.2 Å². The molecule has 2 atom stereocenters. The highest BCUT2D eigenvalue weighted by molar-refractivity contribution is 9.10. The number of rotatable bonds is 2. The molecule has 0 saturated carbocycles. The molecule has 0 aliphatic carbocycles. The first-order chi connectivity index (χ1) is 9.45. The van der Waals surface area contributed by atoms with Gasteiger partial charge >= 0.3 is 0 Å². The van der Waals surface area contributed by atoms with Crippen molar-refractivity contribution >= 4 is 27.5 Å². The number of hydrogen-bond acceptors (Lipinski definition) is 3. The smallest absolute Gasteiger partial charge is 0.246 e. The molecule has 1 fully saturated rings. The van der Waals surface area contributed by atoms with Crippen molar-refractivity contribution in [2.24, 2.45) is 0 Å². The minimum atomic E-state index is -0.403. The first kappa shape index (κ1) is 14.9. The minimum absolute atomic E-state index is 0.0118. The third kappa shape index (κ3) is 2.66. The van der Waals surface area contributed by atoms with Crippen LogP contribution >= 0.6 is 15.9 Å². The summed E-state index contributed by atoms with van der Waals surface area (Å²) < 4.78 is 0.963. The lowest BCUT2D eigenvalue weighted by Crippen LogP contribution is -2.59. The van der Waals surface area contributed by atoms with Crippen molar-refractivity contribution < 1.29 is 4.79 Å². The van der Waals surface area contributed by atoms with Gasteiger partial charge in [-0.15, -0.1) is 0 Å². The van der Waals surface area contributed by atoms with Crippen LogP contribution in [0, 0.1) is 18.3 Å². The Labute approximate surface area is 128 Å². The maximum absolute atomic E-state index is 12.4. The molecule has 20 heavy (non-hydrogen) atoms. The zero-order valence-corrected chi connectivity index (χ0v) is 13.5. The van der Waals surface area contributed by atoms with Gasteiger partial charge in [0, 0.05) is 24.1 Å². The molecule has 2 rings (SSSR count). The van der Waals surface area contributed by atoms with Gasteiger partial charge in [-0.2, -0.15) is 5.26 Å². The molecule has 1 aromatic carbocycles. The Morgan fingerprint density at radius 1 is 1.50 bits per heavy atom. The van der Waals surface area contributed by atoms with E-state index < -0.39 is 6.04 Å². The van der Waals surface area contributed by atoms with Gasteiger partial charge in [0.2, 0.25) is 5.91 Å². The Morgan fingerprint density at radius 2 is 2.20 bits per heavy atom. The minimum Gasteiger partial charge on any atom is -0.356 e. The number of likely N-dealkylation sites (N-methyl/N-ethyl adjacent to an activating group) is 1. The van der Waals surface area contributed by atoms with Gasteiger partial charge in [-0.05, 0) is 47.5 Å². The number of benzene rings is 1. The summed E-state index contributed by atoms with van der Waals surface area (Å²) in [5.41, 5.74) is 2.13. The molecule has 106 valence electrons. The van der Waals surface area contributed by atoms with Crippen LogP contribution in [-0.4, -0.2) is 36.5 Å². The second kappa shape index (κ2) is 5.84. The van der Waals surface area contributed by atoms with Crippen LogP contribution in [0.3, 0.4) is 0 Å². The molecule has 0 aromatic heterocycles. The highest BCUT2D eigenvalue weighted by Crippen LogP contribution is 2.32. The number of amides is 1. The van der Waals surface area contributed by atoms with Gasteiger partial charge in [-0.25, -0.2) is 0 Å². The van der Waals surface area contributed by atoms with E-state index in [1.165, 1.54) is 0 Å². The molecule has 1 aliphatic rings. The lowest BCUT2D eigenvalue weighted by atomic mass is 10.0. The topological polar surface area (TPSA) is 47.3 Å². The monoisotopic (exact) mass is 335 g/mol. The quantitative estimate of drug-likeness (QED) is 0.834. The van der Waals surface area contributed by atoms with Gasteiger partial charge in [0.1, 0.15) is 6.04 Å². The number of nitrogens with zero attached hydrogens (tertiary/aromatic N) is 3. The maximum Gasteiger partial charge on any atom is 0.246 e. The van der Waals surface area contributed by atoms with E-state index in [-0.39, 0.29) is 18.4 Å². The van der Waals surface area contributed by atoms with Crippen LogP contribution < -0.4 is 4.90 Å². The second-order valence-corrected chi connectivity index (χ2v) is 6.14. The van der Waals surface area contributed by atoms with Crippen molar-refractivity contribution in [2.75, 3.05) is 18.5 Å². The number of halogens is 1. The molecule has 1 amide bonds. The fourth-order valence-electron chi connectivity index (χ4n) is 2.52. The third-order valence-electron chi connectivity index (χ3n) is 3.83. The summed E-state index contributed by atoms with van der Waals surface area (Å²) in [5, 5.41) is 9.01.